The number of sulfonamides is 1. The van der Waals surface area contributed by atoms with Crippen LogP contribution in [-0.2, 0) is 21.4 Å². The molecule has 2 N–H and O–H groups in total. The van der Waals surface area contributed by atoms with E-state index in [-0.39, 0.29) is 22.4 Å². The summed E-state index contributed by atoms with van der Waals surface area (Å²) in [6.07, 6.45) is 3.65. The summed E-state index contributed by atoms with van der Waals surface area (Å²) < 4.78 is 27.8. The zero-order valence-corrected chi connectivity index (χ0v) is 16.2. The van der Waals surface area contributed by atoms with Gasteiger partial charge in [0.15, 0.2) is 0 Å². The highest BCUT2D eigenvalue weighted by Gasteiger charge is 2.27. The first-order valence-electron chi connectivity index (χ1n) is 8.23. The van der Waals surface area contributed by atoms with Gasteiger partial charge in [-0.2, -0.15) is 4.72 Å². The molecule has 1 amide bonds. The van der Waals surface area contributed by atoms with E-state index in [0.717, 1.165) is 5.56 Å². The van der Waals surface area contributed by atoms with Gasteiger partial charge in [-0.3, -0.25) is 9.78 Å². The topological polar surface area (TPSA) is 88.2 Å². The largest absolute Gasteiger partial charge is 0.351 e. The SMILES string of the molecule is CC(C)C[C@H](NS(=O)(=O)c1ccccc1Cl)C(=O)NCc1cccnc1. The van der Waals surface area contributed by atoms with Crippen molar-refractivity contribution in [2.75, 3.05) is 0 Å². The van der Waals surface area contributed by atoms with Crippen LogP contribution in [0.25, 0.3) is 0 Å². The van der Waals surface area contributed by atoms with Crippen LogP contribution < -0.4 is 10.0 Å². The number of nitrogens with zero attached hydrogens (tertiary/aromatic N) is 1. The molecule has 0 aliphatic carbocycles. The number of amides is 1. The first-order chi connectivity index (χ1) is 12.3. The zero-order chi connectivity index (χ0) is 19.2. The molecule has 0 saturated carbocycles. The summed E-state index contributed by atoms with van der Waals surface area (Å²) in [5.41, 5.74) is 0.832. The lowest BCUT2D eigenvalue weighted by molar-refractivity contribution is -0.123. The van der Waals surface area contributed by atoms with Gasteiger partial charge in [0.2, 0.25) is 15.9 Å². The van der Waals surface area contributed by atoms with Crippen molar-refractivity contribution in [1.82, 2.24) is 15.0 Å². The van der Waals surface area contributed by atoms with E-state index in [0.29, 0.717) is 6.42 Å². The third kappa shape index (κ3) is 5.79. The van der Waals surface area contributed by atoms with E-state index in [1.54, 1.807) is 30.6 Å². The van der Waals surface area contributed by atoms with Crippen LogP contribution in [0.2, 0.25) is 5.02 Å². The molecule has 2 rings (SSSR count). The molecule has 1 aromatic carbocycles. The van der Waals surface area contributed by atoms with Gasteiger partial charge in [0, 0.05) is 18.9 Å². The summed E-state index contributed by atoms with van der Waals surface area (Å²) in [5, 5.41) is 2.86. The van der Waals surface area contributed by atoms with Crippen LogP contribution in [0.15, 0.2) is 53.7 Å². The van der Waals surface area contributed by atoms with Gasteiger partial charge in [0.1, 0.15) is 10.9 Å². The van der Waals surface area contributed by atoms with Crippen molar-refractivity contribution >= 4 is 27.5 Å². The standard InChI is InChI=1S/C18H22ClN3O3S/c1-13(2)10-16(18(23)21-12-14-6-5-9-20-11-14)22-26(24,25)17-8-4-3-7-15(17)19/h3-9,11,13,16,22H,10,12H2,1-2H3,(H,21,23)/t16-/m0/s1. The van der Waals surface area contributed by atoms with Gasteiger partial charge in [0.25, 0.3) is 0 Å². The minimum Gasteiger partial charge on any atom is -0.351 e. The number of carbonyl (C=O) groups is 1. The Morgan fingerprint density at radius 1 is 1.19 bits per heavy atom. The average Bonchev–Trinajstić information content (AvgIpc) is 2.59. The van der Waals surface area contributed by atoms with Gasteiger partial charge in [-0.05, 0) is 36.1 Å². The molecular weight excluding hydrogens is 374 g/mol. The first kappa shape index (κ1) is 20.4. The van der Waals surface area contributed by atoms with Gasteiger partial charge >= 0.3 is 0 Å². The number of halogens is 1. The molecule has 0 fully saturated rings. The fourth-order valence-corrected chi connectivity index (χ4v) is 4.14. The van der Waals surface area contributed by atoms with Crippen LogP contribution in [0, 0.1) is 5.92 Å². The molecule has 26 heavy (non-hydrogen) atoms. The van der Waals surface area contributed by atoms with Crippen molar-refractivity contribution in [3.63, 3.8) is 0 Å². The highest BCUT2D eigenvalue weighted by molar-refractivity contribution is 7.89. The van der Waals surface area contributed by atoms with Crippen LogP contribution in [0.5, 0.6) is 0 Å². The maximum Gasteiger partial charge on any atom is 0.242 e. The molecule has 0 unspecified atom stereocenters. The Morgan fingerprint density at radius 2 is 1.92 bits per heavy atom. The lowest BCUT2D eigenvalue weighted by Crippen LogP contribution is -2.47. The van der Waals surface area contributed by atoms with Crippen molar-refractivity contribution in [2.45, 2.75) is 37.8 Å². The van der Waals surface area contributed by atoms with Crippen molar-refractivity contribution in [2.24, 2.45) is 5.92 Å². The van der Waals surface area contributed by atoms with Crippen LogP contribution in [-0.4, -0.2) is 25.4 Å². The minimum atomic E-state index is -3.92. The van der Waals surface area contributed by atoms with E-state index in [9.17, 15) is 13.2 Å². The molecule has 0 aliphatic rings. The van der Waals surface area contributed by atoms with Gasteiger partial charge in [-0.15, -0.1) is 0 Å². The maximum absolute atomic E-state index is 12.6. The number of hydrogen-bond donors (Lipinski definition) is 2. The maximum atomic E-state index is 12.6. The summed E-state index contributed by atoms with van der Waals surface area (Å²) in [7, 11) is -3.92. The number of benzene rings is 1. The molecule has 0 aliphatic heterocycles. The Kier molecular flexibility index (Phi) is 7.14. The van der Waals surface area contributed by atoms with Gasteiger partial charge in [0.05, 0.1) is 5.02 Å². The van der Waals surface area contributed by atoms with E-state index in [2.05, 4.69) is 15.0 Å². The van der Waals surface area contributed by atoms with Crippen LogP contribution >= 0.6 is 11.6 Å². The molecule has 2 aromatic rings. The summed E-state index contributed by atoms with van der Waals surface area (Å²) in [6, 6.07) is 8.84. The average molecular weight is 396 g/mol. The summed E-state index contributed by atoms with van der Waals surface area (Å²) in [4.78, 5) is 16.5. The molecule has 0 bridgehead atoms. The van der Waals surface area contributed by atoms with Crippen molar-refractivity contribution in [3.05, 3.63) is 59.4 Å². The van der Waals surface area contributed by atoms with Crippen LogP contribution in [0.1, 0.15) is 25.8 Å². The molecule has 0 radical (unpaired) electrons. The fourth-order valence-electron chi connectivity index (χ4n) is 2.41. The lowest BCUT2D eigenvalue weighted by atomic mass is 10.0. The van der Waals surface area contributed by atoms with E-state index in [1.807, 2.05) is 19.9 Å². The first-order valence-corrected chi connectivity index (χ1v) is 10.1. The Labute approximate surface area is 159 Å². The predicted molar refractivity (Wildman–Crippen MR) is 101 cm³/mol. The normalized spacial score (nSPS) is 12.8. The molecule has 140 valence electrons. The smallest absolute Gasteiger partial charge is 0.242 e. The van der Waals surface area contributed by atoms with Gasteiger partial charge < -0.3 is 5.32 Å². The van der Waals surface area contributed by atoms with Gasteiger partial charge in [-0.1, -0.05) is 43.6 Å². The Hall–Kier alpha value is -1.96. The van der Waals surface area contributed by atoms with Gasteiger partial charge in [-0.25, -0.2) is 8.42 Å². The second kappa shape index (κ2) is 9.12. The highest BCUT2D eigenvalue weighted by Crippen LogP contribution is 2.21. The minimum absolute atomic E-state index is 0.0458. The molecule has 1 aromatic heterocycles. The second-order valence-electron chi connectivity index (χ2n) is 6.31. The van der Waals surface area contributed by atoms with Crippen molar-refractivity contribution in [3.8, 4) is 0 Å². The number of carbonyl (C=O) groups excluding carboxylic acids is 1. The van der Waals surface area contributed by atoms with Crippen LogP contribution in [0.4, 0.5) is 0 Å². The molecule has 1 heterocycles. The molecule has 0 saturated heterocycles. The molecule has 6 nitrogen and oxygen atoms in total. The van der Waals surface area contributed by atoms with E-state index in [4.69, 9.17) is 11.6 Å². The van der Waals surface area contributed by atoms with E-state index < -0.39 is 22.0 Å². The molecule has 1 atom stereocenters. The monoisotopic (exact) mass is 395 g/mol. The lowest BCUT2D eigenvalue weighted by Gasteiger charge is -2.20. The van der Waals surface area contributed by atoms with Crippen LogP contribution in [0.3, 0.4) is 0 Å². The summed E-state index contributed by atoms with van der Waals surface area (Å²) >= 11 is 5.99. The third-order valence-electron chi connectivity index (χ3n) is 3.64. The Morgan fingerprint density at radius 3 is 2.54 bits per heavy atom. The second-order valence-corrected chi connectivity index (χ2v) is 8.40. The van der Waals surface area contributed by atoms with E-state index >= 15 is 0 Å². The fraction of sp³-hybridized carbons (Fsp3) is 0.333. The number of aromatic nitrogens is 1. The van der Waals surface area contributed by atoms with Crippen molar-refractivity contribution in [1.29, 1.82) is 0 Å². The number of hydrogen-bond acceptors (Lipinski definition) is 4. The Bertz CT molecular complexity index is 842. The molecular formula is C18H22ClN3O3S. The molecule has 8 heteroatoms. The Balaban J connectivity index is 2.13. The summed E-state index contributed by atoms with van der Waals surface area (Å²) in [6.45, 7) is 4.12. The van der Waals surface area contributed by atoms with E-state index in [1.165, 1.54) is 12.1 Å². The number of nitrogens with one attached hydrogen (secondary N) is 2. The number of pyridine rings is 1. The predicted octanol–water partition coefficient (Wildman–Crippen LogP) is 2.74. The highest BCUT2D eigenvalue weighted by atomic mass is 35.5. The number of rotatable bonds is 8. The van der Waals surface area contributed by atoms with Crippen molar-refractivity contribution < 1.29 is 13.2 Å². The third-order valence-corrected chi connectivity index (χ3v) is 5.61. The quantitative estimate of drug-likeness (QED) is 0.719. The zero-order valence-electron chi connectivity index (χ0n) is 14.6. The molecule has 0 spiro atoms. The summed E-state index contributed by atoms with van der Waals surface area (Å²) in [5.74, 6) is -0.267.